The molecule has 4 aromatic carbocycles. The Morgan fingerprint density at radius 3 is 1.16 bits per heavy atom. The lowest BCUT2D eigenvalue weighted by Crippen LogP contribution is -2.27. The first kappa shape index (κ1) is 31.9. The van der Waals surface area contributed by atoms with Gasteiger partial charge < -0.3 is 14.6 Å². The molecule has 0 N–H and O–H groups in total. The summed E-state index contributed by atoms with van der Waals surface area (Å²) >= 11 is 14.0. The van der Waals surface area contributed by atoms with Crippen molar-refractivity contribution in [1.82, 2.24) is 9.97 Å². The number of rotatable bonds is 10. The van der Waals surface area contributed by atoms with Crippen LogP contribution in [0.1, 0.15) is 27.9 Å². The van der Waals surface area contributed by atoms with Crippen molar-refractivity contribution in [2.75, 3.05) is 9.80 Å². The fraction of sp³-hybridized carbons (Fsp3) is 0.118. The van der Waals surface area contributed by atoms with Crippen LogP contribution in [0.4, 0.5) is 17.5 Å². The van der Waals surface area contributed by atoms with E-state index in [-0.39, 0.29) is 11.5 Å². The predicted octanol–water partition coefficient (Wildman–Crippen LogP) is 10.4. The molecule has 1 heterocycles. The molecule has 5 aromatic rings. The Morgan fingerprint density at radius 1 is 0.545 bits per heavy atom. The average molecular weight is 836 g/mol. The van der Waals surface area contributed by atoms with Crippen molar-refractivity contribution in [1.29, 1.82) is 5.26 Å². The summed E-state index contributed by atoms with van der Waals surface area (Å²) in [5.41, 5.74) is 4.32. The van der Waals surface area contributed by atoms with Gasteiger partial charge in [-0.1, -0.05) is 124 Å². The summed E-state index contributed by atoms with van der Waals surface area (Å²) < 4.78 is 3.93. The predicted molar refractivity (Wildman–Crippen MR) is 189 cm³/mol. The quantitative estimate of drug-likeness (QED) is 0.131. The monoisotopic (exact) mass is 832 g/mol. The first-order chi connectivity index (χ1) is 21.3. The van der Waals surface area contributed by atoms with Crippen molar-refractivity contribution in [2.45, 2.75) is 26.2 Å². The minimum absolute atomic E-state index is 0.143. The molecule has 0 unspecified atom stereocenters. The summed E-state index contributed by atoms with van der Waals surface area (Å²) in [4.78, 5) is 17.5. The third kappa shape index (κ3) is 8.34. The zero-order chi connectivity index (χ0) is 31.1. The zero-order valence-corrected chi connectivity index (χ0v) is 29.6. The third-order valence-electron chi connectivity index (χ3n) is 6.80. The van der Waals surface area contributed by atoms with Gasteiger partial charge in [-0.05, 0) is 70.8 Å². The van der Waals surface area contributed by atoms with E-state index in [1.165, 1.54) is 0 Å². The van der Waals surface area contributed by atoms with E-state index in [0.717, 1.165) is 40.1 Å². The van der Waals surface area contributed by atoms with Gasteiger partial charge in [0.25, 0.3) is 5.82 Å². The Balaban J connectivity index is 1.58. The van der Waals surface area contributed by atoms with Crippen molar-refractivity contribution in [3.8, 4) is 6.07 Å². The number of hydrogen-bond donors (Lipinski definition) is 0. The second-order valence-electron chi connectivity index (χ2n) is 9.98. The molecule has 0 bridgehead atoms. The average Bonchev–Trinajstić information content (AvgIpc) is 3.04. The highest BCUT2D eigenvalue weighted by Gasteiger charge is 2.26. The molecular weight excluding hydrogens is 812 g/mol. The first-order valence-corrected chi connectivity index (χ1v) is 16.7. The fourth-order valence-electron chi connectivity index (χ4n) is 4.64. The van der Waals surface area contributed by atoms with E-state index in [1.54, 1.807) is 0 Å². The van der Waals surface area contributed by atoms with Crippen molar-refractivity contribution in [3.63, 3.8) is 0 Å². The second-order valence-corrected chi connectivity index (χ2v) is 13.6. The maximum atomic E-state index is 10.4. The standard InChI is InChI=1S/C34H24Br4N6/c1-40-32-34(44(21-25-6-14-29(37)15-7-25)22-26-8-16-30(38)17-9-26)41-31(18-39)33(42-32)43(19-23-2-10-27(35)11-3-23)20-24-4-12-28(36)13-5-24/h2-17H,19-22H2. The third-order valence-corrected chi connectivity index (χ3v) is 8.91. The maximum Gasteiger partial charge on any atom is 0.314 e. The van der Waals surface area contributed by atoms with Crippen LogP contribution >= 0.6 is 63.7 Å². The highest BCUT2D eigenvalue weighted by molar-refractivity contribution is 9.11. The number of aromatic nitrogens is 2. The number of benzene rings is 4. The van der Waals surface area contributed by atoms with Crippen LogP contribution < -0.4 is 9.80 Å². The van der Waals surface area contributed by atoms with E-state index in [0.29, 0.717) is 37.8 Å². The summed E-state index contributed by atoms with van der Waals surface area (Å²) in [6.07, 6.45) is 0. The number of halogens is 4. The molecule has 5 rings (SSSR count). The first-order valence-electron chi connectivity index (χ1n) is 13.5. The number of nitrogens with zero attached hydrogens (tertiary/aromatic N) is 6. The van der Waals surface area contributed by atoms with Crippen molar-refractivity contribution < 1.29 is 0 Å². The van der Waals surface area contributed by atoms with Gasteiger partial charge in [-0.2, -0.15) is 5.26 Å². The van der Waals surface area contributed by atoms with Gasteiger partial charge in [-0.25, -0.2) is 4.98 Å². The van der Waals surface area contributed by atoms with Crippen LogP contribution in [0.25, 0.3) is 4.85 Å². The van der Waals surface area contributed by atoms with Crippen LogP contribution in [0.5, 0.6) is 0 Å². The Kier molecular flexibility index (Phi) is 10.8. The Labute approximate surface area is 290 Å². The van der Waals surface area contributed by atoms with E-state index in [1.807, 2.05) is 107 Å². The summed E-state index contributed by atoms with van der Waals surface area (Å²) in [6, 6.07) is 34.4. The molecule has 0 saturated carbocycles. The van der Waals surface area contributed by atoms with Gasteiger partial charge in [-0.15, -0.1) is 0 Å². The SMILES string of the molecule is [C-]#[N+]c1nc(N(Cc2ccc(Br)cc2)Cc2ccc(Br)cc2)c(C#N)nc1N(Cc1ccc(Br)cc1)Cc1ccc(Br)cc1. The van der Waals surface area contributed by atoms with Crippen LogP contribution in [0.15, 0.2) is 115 Å². The largest absolute Gasteiger partial charge is 0.358 e. The van der Waals surface area contributed by atoms with Gasteiger partial charge in [0.05, 0.1) is 0 Å². The summed E-state index contributed by atoms with van der Waals surface area (Å²) in [5, 5.41) is 10.4. The molecule has 1 aromatic heterocycles. The Morgan fingerprint density at radius 2 is 0.864 bits per heavy atom. The second kappa shape index (κ2) is 15.0. The zero-order valence-electron chi connectivity index (χ0n) is 23.3. The molecule has 0 aliphatic carbocycles. The summed E-state index contributed by atoms with van der Waals surface area (Å²) in [7, 11) is 0. The van der Waals surface area contributed by atoms with Crippen molar-refractivity contribution in [2.24, 2.45) is 0 Å². The van der Waals surface area contributed by atoms with Gasteiger partial charge in [0.15, 0.2) is 5.82 Å². The molecular formula is C34H24Br4N6. The Bertz CT molecular complexity index is 1580. The smallest absolute Gasteiger partial charge is 0.314 e. The molecule has 6 nitrogen and oxygen atoms in total. The van der Waals surface area contributed by atoms with Gasteiger partial charge in [0.2, 0.25) is 5.69 Å². The lowest BCUT2D eigenvalue weighted by Gasteiger charge is -2.27. The molecule has 0 amide bonds. The lowest BCUT2D eigenvalue weighted by molar-refractivity contribution is 0.760. The molecule has 0 aliphatic rings. The fourth-order valence-corrected chi connectivity index (χ4v) is 5.70. The Hall–Kier alpha value is -3.54. The van der Waals surface area contributed by atoms with Crippen LogP contribution in [-0.4, -0.2) is 9.97 Å². The molecule has 0 aliphatic heterocycles. The molecule has 44 heavy (non-hydrogen) atoms. The van der Waals surface area contributed by atoms with E-state index in [4.69, 9.17) is 16.5 Å². The van der Waals surface area contributed by atoms with Crippen LogP contribution in [0.2, 0.25) is 0 Å². The molecule has 218 valence electrons. The number of anilines is 2. The minimum atomic E-state index is 0.143. The number of nitriles is 1. The summed E-state index contributed by atoms with van der Waals surface area (Å²) in [6.45, 7) is 10.0. The molecule has 0 radical (unpaired) electrons. The molecule has 0 fully saturated rings. The molecule has 0 atom stereocenters. The normalized spacial score (nSPS) is 10.6. The topological polar surface area (TPSA) is 60.4 Å². The molecule has 0 saturated heterocycles. The summed E-state index contributed by atoms with van der Waals surface area (Å²) in [5.74, 6) is 0.892. The highest BCUT2D eigenvalue weighted by Crippen LogP contribution is 2.33. The van der Waals surface area contributed by atoms with Crippen molar-refractivity contribution >= 4 is 81.2 Å². The van der Waals surface area contributed by atoms with Crippen molar-refractivity contribution in [3.05, 3.63) is 154 Å². The van der Waals surface area contributed by atoms with Crippen LogP contribution in [0, 0.1) is 17.9 Å². The highest BCUT2D eigenvalue weighted by atomic mass is 79.9. The lowest BCUT2D eigenvalue weighted by atomic mass is 10.1. The van der Waals surface area contributed by atoms with Gasteiger partial charge >= 0.3 is 5.82 Å². The van der Waals surface area contributed by atoms with Gasteiger partial charge in [-0.3, -0.25) is 0 Å². The van der Waals surface area contributed by atoms with Gasteiger partial charge in [0, 0.05) is 44.1 Å². The van der Waals surface area contributed by atoms with E-state index in [9.17, 15) is 5.26 Å². The van der Waals surface area contributed by atoms with E-state index >= 15 is 0 Å². The van der Waals surface area contributed by atoms with E-state index in [2.05, 4.69) is 74.6 Å². The minimum Gasteiger partial charge on any atom is -0.358 e. The molecule has 10 heteroatoms. The van der Waals surface area contributed by atoms with Gasteiger partial charge in [0.1, 0.15) is 6.07 Å². The van der Waals surface area contributed by atoms with Crippen LogP contribution in [0.3, 0.4) is 0 Å². The van der Waals surface area contributed by atoms with Crippen LogP contribution in [-0.2, 0) is 26.2 Å². The van der Waals surface area contributed by atoms with E-state index < -0.39 is 0 Å². The number of hydrogen-bond acceptors (Lipinski definition) is 5. The molecule has 0 spiro atoms. The maximum absolute atomic E-state index is 10.4.